The van der Waals surface area contributed by atoms with Gasteiger partial charge in [-0.25, -0.2) is 0 Å². The number of aromatic nitrogens is 1. The molecule has 0 atom stereocenters. The highest BCUT2D eigenvalue weighted by molar-refractivity contribution is 6.35. The summed E-state index contributed by atoms with van der Waals surface area (Å²) in [5, 5.41) is 6.50. The largest absolute Gasteiger partial charge is 0.379 e. The van der Waals surface area contributed by atoms with Crippen LogP contribution in [-0.2, 0) is 16.0 Å². The maximum absolute atomic E-state index is 13.4. The number of piperidine rings is 1. The number of rotatable bonds is 5. The van der Waals surface area contributed by atoms with E-state index < -0.39 is 0 Å². The van der Waals surface area contributed by atoms with Gasteiger partial charge in [0.2, 0.25) is 0 Å². The Morgan fingerprint density at radius 1 is 1.06 bits per heavy atom. The Labute approximate surface area is 212 Å². The van der Waals surface area contributed by atoms with Crippen LogP contribution in [0.4, 0.5) is 5.69 Å². The first kappa shape index (κ1) is 23.5. The number of anilines is 1. The molecule has 2 fully saturated rings. The van der Waals surface area contributed by atoms with Crippen LogP contribution in [0.2, 0.25) is 0 Å². The van der Waals surface area contributed by atoms with Crippen LogP contribution in [0.15, 0.2) is 18.2 Å². The van der Waals surface area contributed by atoms with Crippen molar-refractivity contribution in [2.75, 3.05) is 64.3 Å². The summed E-state index contributed by atoms with van der Waals surface area (Å²) in [6, 6.07) is 6.20. The number of carbonyl (C=O) groups excluding carboxylic acids is 2. The SMILES string of the molecule is Cc1c(C=C2C(=O)Nc3cccc(C4CCNCC4)c32)[nH]c2c1C(=O)N(CCN1CCOCC1)CC2. The molecule has 1 aromatic heterocycles. The van der Waals surface area contributed by atoms with Crippen LogP contribution >= 0.6 is 0 Å². The summed E-state index contributed by atoms with van der Waals surface area (Å²) in [5.74, 6) is 0.461. The van der Waals surface area contributed by atoms with Gasteiger partial charge in [0.05, 0.1) is 24.4 Å². The molecule has 2 aromatic rings. The Morgan fingerprint density at radius 3 is 2.67 bits per heavy atom. The molecule has 36 heavy (non-hydrogen) atoms. The van der Waals surface area contributed by atoms with Crippen molar-refractivity contribution in [3.8, 4) is 0 Å². The zero-order valence-corrected chi connectivity index (χ0v) is 21.0. The second-order valence-electron chi connectivity index (χ2n) is 10.3. The summed E-state index contributed by atoms with van der Waals surface area (Å²) in [6.07, 6.45) is 4.91. The number of amides is 2. The monoisotopic (exact) mass is 489 g/mol. The Balaban J connectivity index is 1.27. The highest BCUT2D eigenvalue weighted by Gasteiger charge is 2.32. The minimum absolute atomic E-state index is 0.0724. The van der Waals surface area contributed by atoms with Crippen molar-refractivity contribution in [1.82, 2.24) is 20.1 Å². The fourth-order valence-corrected chi connectivity index (χ4v) is 6.14. The first-order valence-corrected chi connectivity index (χ1v) is 13.3. The van der Waals surface area contributed by atoms with Crippen molar-refractivity contribution in [2.45, 2.75) is 32.1 Å². The minimum atomic E-state index is -0.0724. The number of hydrogen-bond acceptors (Lipinski definition) is 5. The number of ether oxygens (including phenoxy) is 1. The van der Waals surface area contributed by atoms with Gasteiger partial charge in [0.15, 0.2) is 0 Å². The van der Waals surface area contributed by atoms with Gasteiger partial charge in [-0.05, 0) is 62.0 Å². The van der Waals surface area contributed by atoms with E-state index in [1.807, 2.05) is 30.0 Å². The van der Waals surface area contributed by atoms with Gasteiger partial charge in [-0.2, -0.15) is 0 Å². The van der Waals surface area contributed by atoms with Crippen LogP contribution in [0.5, 0.6) is 0 Å². The van der Waals surface area contributed by atoms with Gasteiger partial charge in [-0.3, -0.25) is 14.5 Å². The fraction of sp³-hybridized carbons (Fsp3) is 0.500. The van der Waals surface area contributed by atoms with E-state index in [0.29, 0.717) is 11.5 Å². The van der Waals surface area contributed by atoms with Crippen molar-refractivity contribution in [3.63, 3.8) is 0 Å². The summed E-state index contributed by atoms with van der Waals surface area (Å²) >= 11 is 0. The molecule has 0 aliphatic carbocycles. The number of morpholine rings is 1. The lowest BCUT2D eigenvalue weighted by molar-refractivity contribution is -0.110. The zero-order valence-electron chi connectivity index (χ0n) is 21.0. The number of aromatic amines is 1. The number of hydrogen-bond donors (Lipinski definition) is 3. The zero-order chi connectivity index (χ0) is 24.6. The van der Waals surface area contributed by atoms with Gasteiger partial charge >= 0.3 is 0 Å². The van der Waals surface area contributed by atoms with Crippen LogP contribution in [0, 0.1) is 6.92 Å². The second-order valence-corrected chi connectivity index (χ2v) is 10.3. The highest BCUT2D eigenvalue weighted by atomic mass is 16.5. The molecule has 8 heteroatoms. The van der Waals surface area contributed by atoms with E-state index in [0.717, 1.165) is 112 Å². The smallest absolute Gasteiger partial charge is 0.256 e. The van der Waals surface area contributed by atoms with E-state index in [2.05, 4.69) is 26.6 Å². The average molecular weight is 490 g/mol. The average Bonchev–Trinajstić information content (AvgIpc) is 3.41. The molecule has 0 saturated carbocycles. The third kappa shape index (κ3) is 4.27. The van der Waals surface area contributed by atoms with Crippen LogP contribution in [0.3, 0.4) is 0 Å². The molecule has 0 unspecified atom stereocenters. The number of nitrogens with one attached hydrogen (secondary N) is 3. The maximum atomic E-state index is 13.4. The van der Waals surface area contributed by atoms with Crippen molar-refractivity contribution >= 4 is 29.2 Å². The van der Waals surface area contributed by atoms with Crippen molar-refractivity contribution in [1.29, 1.82) is 0 Å². The van der Waals surface area contributed by atoms with E-state index in [1.54, 1.807) is 0 Å². The summed E-state index contributed by atoms with van der Waals surface area (Å²) < 4.78 is 5.44. The quantitative estimate of drug-likeness (QED) is 0.562. The van der Waals surface area contributed by atoms with Gasteiger partial charge in [0, 0.05) is 61.8 Å². The summed E-state index contributed by atoms with van der Waals surface area (Å²) in [6.45, 7) is 9.71. The lowest BCUT2D eigenvalue weighted by atomic mass is 9.85. The fourth-order valence-electron chi connectivity index (χ4n) is 6.14. The van der Waals surface area contributed by atoms with Crippen LogP contribution in [0.25, 0.3) is 11.6 Å². The lowest BCUT2D eigenvalue weighted by Crippen LogP contribution is -2.45. The van der Waals surface area contributed by atoms with E-state index in [9.17, 15) is 9.59 Å². The van der Waals surface area contributed by atoms with Gasteiger partial charge in [0.25, 0.3) is 11.8 Å². The third-order valence-electron chi connectivity index (χ3n) is 8.22. The van der Waals surface area contributed by atoms with Gasteiger partial charge in [-0.1, -0.05) is 12.1 Å². The van der Waals surface area contributed by atoms with Gasteiger partial charge < -0.3 is 25.3 Å². The Morgan fingerprint density at radius 2 is 1.86 bits per heavy atom. The second kappa shape index (κ2) is 9.84. The number of H-pyrrole nitrogens is 1. The number of benzene rings is 1. The lowest BCUT2D eigenvalue weighted by Gasteiger charge is -2.32. The summed E-state index contributed by atoms with van der Waals surface area (Å²) in [7, 11) is 0. The predicted octanol–water partition coefficient (Wildman–Crippen LogP) is 2.61. The molecule has 190 valence electrons. The van der Waals surface area contributed by atoms with E-state index in [-0.39, 0.29) is 11.8 Å². The molecular weight excluding hydrogens is 454 g/mol. The molecule has 2 saturated heterocycles. The first-order chi connectivity index (χ1) is 17.6. The van der Waals surface area contributed by atoms with Crippen molar-refractivity contribution in [2.24, 2.45) is 0 Å². The summed E-state index contributed by atoms with van der Waals surface area (Å²) in [5.41, 5.74) is 7.41. The van der Waals surface area contributed by atoms with Gasteiger partial charge in [-0.15, -0.1) is 0 Å². The molecule has 6 rings (SSSR count). The maximum Gasteiger partial charge on any atom is 0.256 e. The van der Waals surface area contributed by atoms with Crippen molar-refractivity contribution in [3.05, 3.63) is 51.8 Å². The Bertz CT molecular complexity index is 1200. The molecule has 0 bridgehead atoms. The standard InChI is InChI=1S/C28H35N5O3/c1-18-24(30-23-7-10-33(28(35)25(18)23)12-11-32-13-15-36-16-14-32)17-21-26-20(19-5-8-29-9-6-19)3-2-4-22(26)31-27(21)34/h2-4,17,19,29-30H,5-16H2,1H3,(H,31,34). The Hall–Kier alpha value is -2.94. The molecule has 0 spiro atoms. The van der Waals surface area contributed by atoms with Gasteiger partial charge in [0.1, 0.15) is 0 Å². The van der Waals surface area contributed by atoms with Crippen LogP contribution in [-0.4, -0.2) is 85.6 Å². The van der Waals surface area contributed by atoms with Crippen molar-refractivity contribution < 1.29 is 14.3 Å². The summed E-state index contributed by atoms with van der Waals surface area (Å²) in [4.78, 5) is 34.4. The number of fused-ring (bicyclic) bond motifs is 2. The molecule has 4 aliphatic rings. The number of carbonyl (C=O) groups is 2. The molecule has 3 N–H and O–H groups in total. The predicted molar refractivity (Wildman–Crippen MR) is 140 cm³/mol. The minimum Gasteiger partial charge on any atom is -0.379 e. The van der Waals surface area contributed by atoms with E-state index >= 15 is 0 Å². The molecule has 1 aromatic carbocycles. The third-order valence-corrected chi connectivity index (χ3v) is 8.22. The molecular formula is C28H35N5O3. The van der Waals surface area contributed by atoms with E-state index in [4.69, 9.17) is 4.74 Å². The highest BCUT2D eigenvalue weighted by Crippen LogP contribution is 2.41. The normalized spacial score (nSPS) is 22.1. The van der Waals surface area contributed by atoms with E-state index in [1.165, 1.54) is 5.56 Å². The number of nitrogens with zero attached hydrogens (tertiary/aromatic N) is 2. The molecule has 4 aliphatic heterocycles. The molecule has 0 radical (unpaired) electrons. The topological polar surface area (TPSA) is 89.7 Å². The Kier molecular flexibility index (Phi) is 6.41. The van der Waals surface area contributed by atoms with Crippen LogP contribution < -0.4 is 10.6 Å². The molecule has 5 heterocycles. The molecule has 8 nitrogen and oxygen atoms in total. The van der Waals surface area contributed by atoms with Crippen LogP contribution in [0.1, 0.15) is 57.2 Å². The molecule has 2 amide bonds. The first-order valence-electron chi connectivity index (χ1n) is 13.3.